The van der Waals surface area contributed by atoms with E-state index in [0.717, 1.165) is 5.69 Å². The molecule has 0 saturated carbocycles. The number of benzene rings is 1. The highest BCUT2D eigenvalue weighted by Gasteiger charge is 2.36. The monoisotopic (exact) mass is 263 g/mol. The van der Waals surface area contributed by atoms with Gasteiger partial charge in [0.15, 0.2) is 0 Å². The van der Waals surface area contributed by atoms with E-state index in [1.165, 1.54) is 0 Å². The molecule has 5 heteroatoms. The quantitative estimate of drug-likeness (QED) is 0.774. The van der Waals surface area contributed by atoms with Gasteiger partial charge in [0.1, 0.15) is 5.75 Å². The zero-order chi connectivity index (χ0) is 13.8. The second-order valence-electron chi connectivity index (χ2n) is 4.36. The summed E-state index contributed by atoms with van der Waals surface area (Å²) in [6.07, 6.45) is 0.204. The van der Waals surface area contributed by atoms with E-state index in [4.69, 9.17) is 9.47 Å². The third-order valence-corrected chi connectivity index (χ3v) is 3.11. The molecule has 1 fully saturated rings. The Balaban J connectivity index is 2.13. The van der Waals surface area contributed by atoms with Gasteiger partial charge in [-0.05, 0) is 19.1 Å². The molecule has 1 saturated heterocycles. The maximum Gasteiger partial charge on any atom is 0.311 e. The van der Waals surface area contributed by atoms with Crippen LogP contribution in [0.2, 0.25) is 0 Å². The first-order valence-corrected chi connectivity index (χ1v) is 6.26. The molecule has 5 nitrogen and oxygen atoms in total. The van der Waals surface area contributed by atoms with Gasteiger partial charge in [0, 0.05) is 24.7 Å². The SMILES string of the molecule is CCOC(=O)[C@H]1CC(=O)N(c2cccc(OC)c2)C1. The molecule has 0 N–H and O–H groups in total. The van der Waals surface area contributed by atoms with Gasteiger partial charge in [0.05, 0.1) is 19.6 Å². The van der Waals surface area contributed by atoms with Crippen molar-refractivity contribution in [2.75, 3.05) is 25.2 Å². The predicted molar refractivity (Wildman–Crippen MR) is 70.1 cm³/mol. The first-order chi connectivity index (χ1) is 9.15. The maximum absolute atomic E-state index is 12.0. The van der Waals surface area contributed by atoms with Crippen LogP contribution in [0.25, 0.3) is 0 Å². The highest BCUT2D eigenvalue weighted by molar-refractivity contribution is 5.99. The topological polar surface area (TPSA) is 55.8 Å². The van der Waals surface area contributed by atoms with Gasteiger partial charge < -0.3 is 14.4 Å². The molecule has 2 rings (SSSR count). The van der Waals surface area contributed by atoms with Crippen molar-refractivity contribution < 1.29 is 19.1 Å². The van der Waals surface area contributed by atoms with E-state index in [-0.39, 0.29) is 24.2 Å². The van der Waals surface area contributed by atoms with Crippen molar-refractivity contribution in [3.8, 4) is 5.75 Å². The van der Waals surface area contributed by atoms with Crippen molar-refractivity contribution in [3.63, 3.8) is 0 Å². The van der Waals surface area contributed by atoms with Crippen LogP contribution >= 0.6 is 0 Å². The first-order valence-electron chi connectivity index (χ1n) is 6.26. The number of amides is 1. The largest absolute Gasteiger partial charge is 0.497 e. The molecule has 0 radical (unpaired) electrons. The summed E-state index contributed by atoms with van der Waals surface area (Å²) >= 11 is 0. The van der Waals surface area contributed by atoms with E-state index in [9.17, 15) is 9.59 Å². The Morgan fingerprint density at radius 1 is 1.47 bits per heavy atom. The zero-order valence-corrected chi connectivity index (χ0v) is 11.1. The predicted octanol–water partition coefficient (Wildman–Crippen LogP) is 1.61. The number of methoxy groups -OCH3 is 1. The molecule has 1 aliphatic heterocycles. The van der Waals surface area contributed by atoms with Gasteiger partial charge >= 0.3 is 5.97 Å². The molecule has 0 aromatic heterocycles. The number of esters is 1. The summed E-state index contributed by atoms with van der Waals surface area (Å²) < 4.78 is 10.1. The molecule has 19 heavy (non-hydrogen) atoms. The molecule has 1 aromatic rings. The molecule has 0 unspecified atom stereocenters. The van der Waals surface area contributed by atoms with Crippen LogP contribution in [0.4, 0.5) is 5.69 Å². The molecule has 1 aromatic carbocycles. The summed E-state index contributed by atoms with van der Waals surface area (Å²) in [6, 6.07) is 7.24. The summed E-state index contributed by atoms with van der Waals surface area (Å²) in [5.41, 5.74) is 0.746. The van der Waals surface area contributed by atoms with Gasteiger partial charge in [-0.3, -0.25) is 9.59 Å². The highest BCUT2D eigenvalue weighted by Crippen LogP contribution is 2.28. The number of carbonyl (C=O) groups excluding carboxylic acids is 2. The van der Waals surface area contributed by atoms with Gasteiger partial charge in [-0.15, -0.1) is 0 Å². The fourth-order valence-corrected chi connectivity index (χ4v) is 2.15. The molecular formula is C14H17NO4. The van der Waals surface area contributed by atoms with Gasteiger partial charge in [0.2, 0.25) is 5.91 Å². The Morgan fingerprint density at radius 2 is 2.26 bits per heavy atom. The van der Waals surface area contributed by atoms with Crippen molar-refractivity contribution in [3.05, 3.63) is 24.3 Å². The number of anilines is 1. The van der Waals surface area contributed by atoms with Gasteiger partial charge in [-0.1, -0.05) is 6.07 Å². The van der Waals surface area contributed by atoms with Gasteiger partial charge in [-0.25, -0.2) is 0 Å². The lowest BCUT2D eigenvalue weighted by atomic mass is 10.1. The lowest BCUT2D eigenvalue weighted by Gasteiger charge is -2.17. The minimum Gasteiger partial charge on any atom is -0.497 e. The van der Waals surface area contributed by atoms with E-state index in [2.05, 4.69) is 0 Å². The Hall–Kier alpha value is -2.04. The van der Waals surface area contributed by atoms with Crippen molar-refractivity contribution in [2.24, 2.45) is 5.92 Å². The summed E-state index contributed by atoms with van der Waals surface area (Å²) in [6.45, 7) is 2.46. The average Bonchev–Trinajstić information content (AvgIpc) is 2.81. The molecule has 1 aliphatic rings. The number of rotatable bonds is 4. The van der Waals surface area contributed by atoms with Crippen LogP contribution in [0.1, 0.15) is 13.3 Å². The number of nitrogens with zero attached hydrogens (tertiary/aromatic N) is 1. The second-order valence-corrected chi connectivity index (χ2v) is 4.36. The van der Waals surface area contributed by atoms with E-state index in [0.29, 0.717) is 18.9 Å². The third kappa shape index (κ3) is 2.86. The standard InChI is InChI=1S/C14H17NO4/c1-3-19-14(17)10-7-13(16)15(9-10)11-5-4-6-12(8-11)18-2/h4-6,8,10H,3,7,9H2,1-2H3/t10-/m0/s1. The lowest BCUT2D eigenvalue weighted by Crippen LogP contribution is -2.26. The average molecular weight is 263 g/mol. The zero-order valence-electron chi connectivity index (χ0n) is 11.1. The fourth-order valence-electron chi connectivity index (χ4n) is 2.15. The summed E-state index contributed by atoms with van der Waals surface area (Å²) in [4.78, 5) is 25.2. The lowest BCUT2D eigenvalue weighted by molar-refractivity contribution is -0.147. The summed E-state index contributed by atoms with van der Waals surface area (Å²) in [7, 11) is 1.58. The Labute approximate surface area is 112 Å². The smallest absolute Gasteiger partial charge is 0.311 e. The van der Waals surface area contributed by atoms with Crippen molar-refractivity contribution in [1.29, 1.82) is 0 Å². The van der Waals surface area contributed by atoms with Crippen molar-refractivity contribution in [2.45, 2.75) is 13.3 Å². The van der Waals surface area contributed by atoms with Crippen LogP contribution in [-0.2, 0) is 14.3 Å². The minimum atomic E-state index is -0.376. The molecule has 1 amide bonds. The van der Waals surface area contributed by atoms with E-state index >= 15 is 0 Å². The number of hydrogen-bond acceptors (Lipinski definition) is 4. The molecule has 0 bridgehead atoms. The van der Waals surface area contributed by atoms with Crippen LogP contribution in [0.15, 0.2) is 24.3 Å². The van der Waals surface area contributed by atoms with E-state index < -0.39 is 0 Å². The molecule has 1 atom stereocenters. The molecular weight excluding hydrogens is 246 g/mol. The maximum atomic E-state index is 12.0. The normalized spacial score (nSPS) is 18.5. The van der Waals surface area contributed by atoms with Crippen LogP contribution < -0.4 is 9.64 Å². The van der Waals surface area contributed by atoms with Crippen molar-refractivity contribution in [1.82, 2.24) is 0 Å². The molecule has 102 valence electrons. The molecule has 0 spiro atoms. The van der Waals surface area contributed by atoms with Crippen molar-refractivity contribution >= 4 is 17.6 Å². The molecule has 1 heterocycles. The number of carbonyl (C=O) groups is 2. The van der Waals surface area contributed by atoms with Crippen LogP contribution in [-0.4, -0.2) is 32.1 Å². The Kier molecular flexibility index (Phi) is 4.04. The second kappa shape index (κ2) is 5.73. The summed E-state index contributed by atoms with van der Waals surface area (Å²) in [5.74, 6) is -0.0592. The van der Waals surface area contributed by atoms with Crippen LogP contribution in [0, 0.1) is 5.92 Å². The third-order valence-electron chi connectivity index (χ3n) is 3.11. The highest BCUT2D eigenvalue weighted by atomic mass is 16.5. The Bertz CT molecular complexity index is 486. The van der Waals surface area contributed by atoms with Crippen LogP contribution in [0.3, 0.4) is 0 Å². The minimum absolute atomic E-state index is 0.0636. The van der Waals surface area contributed by atoms with E-state index in [1.54, 1.807) is 25.0 Å². The van der Waals surface area contributed by atoms with Crippen LogP contribution in [0.5, 0.6) is 5.75 Å². The number of ether oxygens (including phenoxy) is 2. The molecule has 0 aliphatic carbocycles. The number of hydrogen-bond donors (Lipinski definition) is 0. The van der Waals surface area contributed by atoms with Gasteiger partial charge in [-0.2, -0.15) is 0 Å². The summed E-state index contributed by atoms with van der Waals surface area (Å²) in [5, 5.41) is 0. The van der Waals surface area contributed by atoms with E-state index in [1.807, 2.05) is 18.2 Å². The fraction of sp³-hybridized carbons (Fsp3) is 0.429. The van der Waals surface area contributed by atoms with Gasteiger partial charge in [0.25, 0.3) is 0 Å². The Morgan fingerprint density at radius 3 is 2.95 bits per heavy atom. The first kappa shape index (κ1) is 13.4.